The first-order valence-corrected chi connectivity index (χ1v) is 7.63. The Morgan fingerprint density at radius 2 is 2.25 bits per heavy atom. The van der Waals surface area contributed by atoms with E-state index >= 15 is 0 Å². The van der Waals surface area contributed by atoms with Crippen LogP contribution >= 0.6 is 0 Å². The highest BCUT2D eigenvalue weighted by molar-refractivity contribution is 5.14. The molecule has 2 fully saturated rings. The van der Waals surface area contributed by atoms with Crippen LogP contribution in [0.3, 0.4) is 0 Å². The van der Waals surface area contributed by atoms with Crippen LogP contribution in [0.25, 0.3) is 0 Å². The van der Waals surface area contributed by atoms with Crippen molar-refractivity contribution in [2.75, 3.05) is 19.6 Å². The Kier molecular flexibility index (Phi) is 3.55. The number of nitrogens with zero attached hydrogens (tertiary/aromatic N) is 2. The number of hydrogen-bond donors (Lipinski definition) is 1. The Hall–Kier alpha value is -1.00. The minimum Gasteiger partial charge on any atom is -0.316 e. The molecular weight excluding hydrogens is 253 g/mol. The van der Waals surface area contributed by atoms with E-state index in [1.807, 2.05) is 6.07 Å². The second kappa shape index (κ2) is 5.08. The summed E-state index contributed by atoms with van der Waals surface area (Å²) in [5.41, 5.74) is 1.17. The molecule has 0 aliphatic carbocycles. The van der Waals surface area contributed by atoms with Gasteiger partial charge in [0.25, 0.3) is 0 Å². The lowest BCUT2D eigenvalue weighted by Gasteiger charge is -2.40. The fourth-order valence-corrected chi connectivity index (χ4v) is 4.15. The van der Waals surface area contributed by atoms with Crippen LogP contribution in [0.2, 0.25) is 0 Å². The molecule has 0 saturated carbocycles. The zero-order valence-electron chi connectivity index (χ0n) is 12.6. The summed E-state index contributed by atoms with van der Waals surface area (Å²) in [4.78, 5) is 6.91. The van der Waals surface area contributed by atoms with E-state index in [1.165, 1.54) is 12.3 Å². The van der Waals surface area contributed by atoms with Crippen molar-refractivity contribution in [1.82, 2.24) is 15.2 Å². The smallest absolute Gasteiger partial charge is 0.141 e. The van der Waals surface area contributed by atoms with E-state index < -0.39 is 0 Å². The summed E-state index contributed by atoms with van der Waals surface area (Å²) in [6.45, 7) is 10.2. The van der Waals surface area contributed by atoms with Gasteiger partial charge in [-0.15, -0.1) is 0 Å². The molecule has 2 aliphatic heterocycles. The van der Waals surface area contributed by atoms with Gasteiger partial charge in [-0.3, -0.25) is 9.88 Å². The zero-order valence-corrected chi connectivity index (χ0v) is 12.6. The normalized spacial score (nSPS) is 30.4. The van der Waals surface area contributed by atoms with Gasteiger partial charge < -0.3 is 5.32 Å². The number of hydrogen-bond acceptors (Lipinski definition) is 3. The Bertz CT molecular complexity index is 471. The third kappa shape index (κ3) is 2.15. The molecule has 0 amide bonds. The van der Waals surface area contributed by atoms with E-state index in [1.54, 1.807) is 0 Å². The molecule has 1 N–H and O–H groups in total. The summed E-state index contributed by atoms with van der Waals surface area (Å²) < 4.78 is 13.1. The molecule has 3 unspecified atom stereocenters. The predicted molar refractivity (Wildman–Crippen MR) is 77.9 cm³/mol. The molecule has 0 aromatic carbocycles. The van der Waals surface area contributed by atoms with Gasteiger partial charge in [0, 0.05) is 18.6 Å². The molecule has 3 atom stereocenters. The minimum atomic E-state index is -0.259. The van der Waals surface area contributed by atoms with Crippen LogP contribution in [0, 0.1) is 17.7 Å². The monoisotopic (exact) mass is 277 g/mol. The third-order valence-electron chi connectivity index (χ3n) is 5.27. The molecule has 3 rings (SSSR count). The average Bonchev–Trinajstić information content (AvgIpc) is 2.97. The van der Waals surface area contributed by atoms with Crippen LogP contribution in [0.15, 0.2) is 18.3 Å². The van der Waals surface area contributed by atoms with Crippen molar-refractivity contribution in [1.29, 1.82) is 0 Å². The summed E-state index contributed by atoms with van der Waals surface area (Å²) in [5.74, 6) is 1.18. The summed E-state index contributed by atoms with van der Waals surface area (Å²) in [6, 6.07) is 3.65. The van der Waals surface area contributed by atoms with Crippen molar-refractivity contribution < 1.29 is 4.39 Å². The van der Waals surface area contributed by atoms with E-state index in [4.69, 9.17) is 0 Å². The summed E-state index contributed by atoms with van der Waals surface area (Å²) >= 11 is 0. The SMILES string of the molecule is CCC(c1ccc(F)cn1)N1CC2CNCC2C1(C)C. The van der Waals surface area contributed by atoms with Gasteiger partial charge in [-0.2, -0.15) is 0 Å². The second-order valence-electron chi connectivity index (χ2n) is 6.66. The molecule has 0 bridgehead atoms. The molecule has 0 spiro atoms. The van der Waals surface area contributed by atoms with E-state index in [9.17, 15) is 4.39 Å². The second-order valence-corrected chi connectivity index (χ2v) is 6.66. The molecule has 20 heavy (non-hydrogen) atoms. The lowest BCUT2D eigenvalue weighted by Crippen LogP contribution is -2.46. The molecule has 2 saturated heterocycles. The molecule has 2 aliphatic rings. The van der Waals surface area contributed by atoms with Gasteiger partial charge in [0.05, 0.1) is 17.9 Å². The van der Waals surface area contributed by atoms with Crippen LogP contribution in [0.1, 0.15) is 38.9 Å². The first-order chi connectivity index (χ1) is 9.54. The first kappa shape index (κ1) is 14.0. The van der Waals surface area contributed by atoms with Gasteiger partial charge >= 0.3 is 0 Å². The zero-order chi connectivity index (χ0) is 14.3. The lowest BCUT2D eigenvalue weighted by molar-refractivity contribution is 0.0837. The number of aromatic nitrogens is 1. The number of likely N-dealkylation sites (tertiary alicyclic amines) is 1. The number of pyridine rings is 1. The first-order valence-electron chi connectivity index (χ1n) is 7.63. The minimum absolute atomic E-state index is 0.172. The largest absolute Gasteiger partial charge is 0.316 e. The summed E-state index contributed by atoms with van der Waals surface area (Å²) in [5, 5.41) is 3.51. The molecule has 4 heteroatoms. The summed E-state index contributed by atoms with van der Waals surface area (Å²) in [7, 11) is 0. The molecular formula is C16H24FN3. The highest BCUT2D eigenvalue weighted by atomic mass is 19.1. The van der Waals surface area contributed by atoms with Gasteiger partial charge in [0.15, 0.2) is 0 Å². The van der Waals surface area contributed by atoms with Crippen molar-refractivity contribution in [3.8, 4) is 0 Å². The molecule has 0 radical (unpaired) electrons. The molecule has 1 aromatic rings. The maximum Gasteiger partial charge on any atom is 0.141 e. The van der Waals surface area contributed by atoms with Crippen molar-refractivity contribution in [2.24, 2.45) is 11.8 Å². The van der Waals surface area contributed by atoms with Crippen LogP contribution in [0.5, 0.6) is 0 Å². The highest BCUT2D eigenvalue weighted by Crippen LogP contribution is 2.45. The van der Waals surface area contributed by atoms with Crippen molar-refractivity contribution in [3.05, 3.63) is 29.8 Å². The molecule has 3 heterocycles. The van der Waals surface area contributed by atoms with Crippen LogP contribution in [0.4, 0.5) is 4.39 Å². The van der Waals surface area contributed by atoms with Crippen molar-refractivity contribution >= 4 is 0 Å². The maximum absolute atomic E-state index is 13.1. The highest BCUT2D eigenvalue weighted by Gasteiger charge is 2.51. The third-order valence-corrected chi connectivity index (χ3v) is 5.27. The lowest BCUT2D eigenvalue weighted by atomic mass is 9.84. The predicted octanol–water partition coefficient (Wildman–Crippen LogP) is 2.60. The number of halogens is 1. The van der Waals surface area contributed by atoms with E-state index in [2.05, 4.69) is 36.0 Å². The van der Waals surface area contributed by atoms with Gasteiger partial charge in [0.2, 0.25) is 0 Å². The average molecular weight is 277 g/mol. The van der Waals surface area contributed by atoms with Crippen molar-refractivity contribution in [3.63, 3.8) is 0 Å². The topological polar surface area (TPSA) is 28.2 Å². The van der Waals surface area contributed by atoms with Gasteiger partial charge in [-0.25, -0.2) is 4.39 Å². The van der Waals surface area contributed by atoms with Crippen LogP contribution in [-0.4, -0.2) is 35.1 Å². The van der Waals surface area contributed by atoms with E-state index in [0.717, 1.165) is 37.7 Å². The molecule has 110 valence electrons. The maximum atomic E-state index is 13.1. The fraction of sp³-hybridized carbons (Fsp3) is 0.688. The Balaban J connectivity index is 1.88. The number of nitrogens with one attached hydrogen (secondary N) is 1. The van der Waals surface area contributed by atoms with Crippen molar-refractivity contribution in [2.45, 2.75) is 38.8 Å². The van der Waals surface area contributed by atoms with Gasteiger partial charge in [0.1, 0.15) is 5.82 Å². The number of fused-ring (bicyclic) bond motifs is 1. The molecule has 1 aromatic heterocycles. The van der Waals surface area contributed by atoms with Gasteiger partial charge in [-0.1, -0.05) is 6.92 Å². The van der Waals surface area contributed by atoms with Crippen LogP contribution < -0.4 is 5.32 Å². The Labute approximate surface area is 120 Å². The standard InChI is InChI=1S/C16H24FN3/c1-4-15(14-6-5-12(17)8-19-14)20-10-11-7-18-9-13(11)16(20,2)3/h5-6,8,11,13,15,18H,4,7,9-10H2,1-3H3. The number of rotatable bonds is 3. The van der Waals surface area contributed by atoms with Crippen LogP contribution in [-0.2, 0) is 0 Å². The van der Waals surface area contributed by atoms with E-state index in [-0.39, 0.29) is 17.4 Å². The van der Waals surface area contributed by atoms with E-state index in [0.29, 0.717) is 5.92 Å². The summed E-state index contributed by atoms with van der Waals surface area (Å²) in [6.07, 6.45) is 2.35. The van der Waals surface area contributed by atoms with Gasteiger partial charge in [-0.05, 0) is 50.8 Å². The Morgan fingerprint density at radius 1 is 1.45 bits per heavy atom. The molecule has 3 nitrogen and oxygen atoms in total. The Morgan fingerprint density at radius 3 is 2.85 bits per heavy atom. The quantitative estimate of drug-likeness (QED) is 0.920. The fourth-order valence-electron chi connectivity index (χ4n) is 4.15.